The van der Waals surface area contributed by atoms with Crippen molar-refractivity contribution >= 4 is 24.1 Å². The van der Waals surface area contributed by atoms with Crippen molar-refractivity contribution in [3.05, 3.63) is 54.7 Å². The molecule has 0 bridgehead atoms. The predicted molar refractivity (Wildman–Crippen MR) is 152 cm³/mol. The quantitative estimate of drug-likeness (QED) is 0.371. The van der Waals surface area contributed by atoms with E-state index in [1.54, 1.807) is 4.68 Å². The summed E-state index contributed by atoms with van der Waals surface area (Å²) in [6.07, 6.45) is 9.65. The maximum atomic E-state index is 13.0. The molecule has 6 heterocycles. The molecule has 0 saturated carbocycles. The number of hydrogen-bond donors (Lipinski definition) is 0. The van der Waals surface area contributed by atoms with Crippen molar-refractivity contribution in [1.82, 2.24) is 39.1 Å². The average molecular weight is 527 g/mol. The molecule has 2 saturated heterocycles. The second-order valence-corrected chi connectivity index (χ2v) is 10.3. The van der Waals surface area contributed by atoms with Crippen molar-refractivity contribution in [2.75, 3.05) is 64.3 Å². The van der Waals surface area contributed by atoms with Crippen molar-refractivity contribution in [1.29, 1.82) is 0 Å². The molecule has 11 heteroatoms. The molecule has 6 rings (SSSR count). The molecule has 0 unspecified atom stereocenters. The van der Waals surface area contributed by atoms with Gasteiger partial charge in [0.2, 0.25) is 0 Å². The molecule has 4 aromatic heterocycles. The number of aryl methyl sites for hydroxylation is 1. The third kappa shape index (κ3) is 4.97. The number of urea groups is 1. The minimum absolute atomic E-state index is 0.161. The van der Waals surface area contributed by atoms with Gasteiger partial charge in [-0.25, -0.2) is 14.3 Å². The zero-order valence-corrected chi connectivity index (χ0v) is 22.6. The standard InChI is InChI=1S/C28H34N10O/c1-29-15-23-17-32-38-20-22(24-18-31-34(3)19-24)14-25(27(23)38)21-4-5-26(30-16-21)35-10-12-37(13-11-35)28(39)36-8-6-33(2)7-9-36/h4-5,14,16-20H,1,6-13,15H2,2-3H3. The fourth-order valence-corrected chi connectivity index (χ4v) is 5.43. The van der Waals surface area contributed by atoms with Gasteiger partial charge >= 0.3 is 6.03 Å². The molecular formula is C28H34N10O. The molecular weight excluding hydrogens is 492 g/mol. The van der Waals surface area contributed by atoms with Gasteiger partial charge in [0.15, 0.2) is 0 Å². The number of likely N-dealkylation sites (N-methyl/N-ethyl adjacent to an activating group) is 1. The normalized spacial score (nSPS) is 16.7. The largest absolute Gasteiger partial charge is 0.353 e. The first kappa shape index (κ1) is 25.1. The van der Waals surface area contributed by atoms with E-state index in [0.29, 0.717) is 19.6 Å². The van der Waals surface area contributed by atoms with E-state index in [1.807, 2.05) is 52.3 Å². The van der Waals surface area contributed by atoms with Crippen molar-refractivity contribution in [2.24, 2.45) is 12.0 Å². The van der Waals surface area contributed by atoms with E-state index in [4.69, 9.17) is 4.98 Å². The highest BCUT2D eigenvalue weighted by atomic mass is 16.2. The predicted octanol–water partition coefficient (Wildman–Crippen LogP) is 2.49. The fraction of sp³-hybridized carbons (Fsp3) is 0.393. The lowest BCUT2D eigenvalue weighted by molar-refractivity contribution is 0.120. The number of aliphatic imine (C=N–C) groups is 1. The molecule has 0 aromatic carbocycles. The van der Waals surface area contributed by atoms with Crippen LogP contribution in [0, 0.1) is 0 Å². The molecule has 2 fully saturated rings. The second-order valence-electron chi connectivity index (χ2n) is 10.3. The number of pyridine rings is 2. The summed E-state index contributed by atoms with van der Waals surface area (Å²) < 4.78 is 3.70. The Morgan fingerprint density at radius 2 is 1.62 bits per heavy atom. The fourth-order valence-electron chi connectivity index (χ4n) is 5.43. The summed E-state index contributed by atoms with van der Waals surface area (Å²) in [7, 11) is 4.02. The van der Waals surface area contributed by atoms with Gasteiger partial charge in [-0.05, 0) is 32.0 Å². The molecule has 0 radical (unpaired) electrons. The van der Waals surface area contributed by atoms with Crippen LogP contribution < -0.4 is 4.90 Å². The number of carbonyl (C=O) groups excluding carboxylic acids is 1. The number of rotatable bonds is 5. The van der Waals surface area contributed by atoms with Gasteiger partial charge in [-0.3, -0.25) is 9.67 Å². The minimum atomic E-state index is 0.161. The number of piperazine rings is 2. The number of hydrogen-bond acceptors (Lipinski definition) is 7. The summed E-state index contributed by atoms with van der Waals surface area (Å²) >= 11 is 0. The second kappa shape index (κ2) is 10.5. The maximum absolute atomic E-state index is 13.0. The van der Waals surface area contributed by atoms with Gasteiger partial charge < -0.3 is 19.6 Å². The molecule has 0 N–H and O–H groups in total. The van der Waals surface area contributed by atoms with Crippen molar-refractivity contribution in [2.45, 2.75) is 6.54 Å². The van der Waals surface area contributed by atoms with E-state index in [0.717, 1.165) is 78.4 Å². The van der Waals surface area contributed by atoms with E-state index in [9.17, 15) is 4.79 Å². The van der Waals surface area contributed by atoms with Crippen molar-refractivity contribution in [3.8, 4) is 22.3 Å². The number of nitrogens with zero attached hydrogens (tertiary/aromatic N) is 10. The van der Waals surface area contributed by atoms with Crippen molar-refractivity contribution in [3.63, 3.8) is 0 Å². The molecule has 11 nitrogen and oxygen atoms in total. The van der Waals surface area contributed by atoms with Crippen LogP contribution >= 0.6 is 0 Å². The van der Waals surface area contributed by atoms with Crippen LogP contribution in [-0.2, 0) is 13.6 Å². The molecule has 0 atom stereocenters. The Labute approximate surface area is 228 Å². The van der Waals surface area contributed by atoms with Gasteiger partial charge in [0.1, 0.15) is 5.82 Å². The number of anilines is 1. The first-order valence-electron chi connectivity index (χ1n) is 13.4. The van der Waals surface area contributed by atoms with Crippen LogP contribution in [0.1, 0.15) is 5.56 Å². The average Bonchev–Trinajstić information content (AvgIpc) is 3.59. The summed E-state index contributed by atoms with van der Waals surface area (Å²) in [4.78, 5) is 30.4. The number of carbonyl (C=O) groups is 1. The Kier molecular flexibility index (Phi) is 6.74. The monoisotopic (exact) mass is 526 g/mol. The van der Waals surface area contributed by atoms with Gasteiger partial charge in [0.05, 0.1) is 24.5 Å². The summed E-state index contributed by atoms with van der Waals surface area (Å²) in [6, 6.07) is 6.52. The van der Waals surface area contributed by atoms with E-state index < -0.39 is 0 Å². The van der Waals surface area contributed by atoms with Crippen LogP contribution in [0.4, 0.5) is 10.6 Å². The molecule has 202 valence electrons. The maximum Gasteiger partial charge on any atom is 0.320 e. The van der Waals surface area contributed by atoms with Crippen LogP contribution in [-0.4, -0.2) is 111 Å². The minimum Gasteiger partial charge on any atom is -0.353 e. The Morgan fingerprint density at radius 3 is 2.26 bits per heavy atom. The highest BCUT2D eigenvalue weighted by Crippen LogP contribution is 2.32. The van der Waals surface area contributed by atoms with E-state index in [-0.39, 0.29) is 6.03 Å². The highest BCUT2D eigenvalue weighted by molar-refractivity contribution is 5.86. The van der Waals surface area contributed by atoms with E-state index >= 15 is 0 Å². The van der Waals surface area contributed by atoms with Crippen LogP contribution in [0.5, 0.6) is 0 Å². The van der Waals surface area contributed by atoms with Crippen LogP contribution in [0.3, 0.4) is 0 Å². The van der Waals surface area contributed by atoms with Gasteiger partial charge in [-0.1, -0.05) is 0 Å². The lowest BCUT2D eigenvalue weighted by Crippen LogP contribution is -2.56. The molecule has 2 aliphatic heterocycles. The Morgan fingerprint density at radius 1 is 0.872 bits per heavy atom. The molecule has 2 aliphatic rings. The number of fused-ring (bicyclic) bond motifs is 1. The third-order valence-corrected chi connectivity index (χ3v) is 7.71. The smallest absolute Gasteiger partial charge is 0.320 e. The first-order valence-corrected chi connectivity index (χ1v) is 13.4. The van der Waals surface area contributed by atoms with E-state index in [1.165, 1.54) is 0 Å². The van der Waals surface area contributed by atoms with Gasteiger partial charge in [-0.2, -0.15) is 10.2 Å². The first-order chi connectivity index (χ1) is 19.0. The summed E-state index contributed by atoms with van der Waals surface area (Å²) in [5, 5.41) is 8.94. The Balaban J connectivity index is 1.22. The summed E-state index contributed by atoms with van der Waals surface area (Å²) in [5.41, 5.74) is 6.10. The third-order valence-electron chi connectivity index (χ3n) is 7.71. The molecule has 4 aromatic rings. The molecule has 0 spiro atoms. The van der Waals surface area contributed by atoms with Gasteiger partial charge in [-0.15, -0.1) is 0 Å². The van der Waals surface area contributed by atoms with Crippen LogP contribution in [0.25, 0.3) is 27.8 Å². The van der Waals surface area contributed by atoms with Gasteiger partial charge in [0, 0.05) is 106 Å². The van der Waals surface area contributed by atoms with E-state index in [2.05, 4.69) is 57.0 Å². The Hall–Kier alpha value is -4.25. The summed E-state index contributed by atoms with van der Waals surface area (Å²) in [5.74, 6) is 0.923. The Bertz CT molecular complexity index is 1470. The molecule has 2 amide bonds. The highest BCUT2D eigenvalue weighted by Gasteiger charge is 2.27. The number of amides is 2. The lowest BCUT2D eigenvalue weighted by atomic mass is 10.0. The molecule has 0 aliphatic carbocycles. The topological polar surface area (TPSA) is 90.4 Å². The zero-order chi connectivity index (χ0) is 26.9. The zero-order valence-electron chi connectivity index (χ0n) is 22.6. The van der Waals surface area contributed by atoms with Crippen LogP contribution in [0.15, 0.2) is 54.2 Å². The summed E-state index contributed by atoms with van der Waals surface area (Å²) in [6.45, 7) is 10.6. The number of aromatic nitrogens is 5. The van der Waals surface area contributed by atoms with Crippen molar-refractivity contribution < 1.29 is 4.79 Å². The lowest BCUT2D eigenvalue weighted by Gasteiger charge is -2.40. The molecule has 39 heavy (non-hydrogen) atoms. The van der Waals surface area contributed by atoms with Crippen LogP contribution in [0.2, 0.25) is 0 Å². The SMILES string of the molecule is C=NCc1cnn2cc(-c3cnn(C)c3)cc(-c3ccc(N4CCN(C(=O)N5CCN(C)CC5)CC4)nc3)c12. The van der Waals surface area contributed by atoms with Gasteiger partial charge in [0.25, 0.3) is 0 Å².